The van der Waals surface area contributed by atoms with Crippen LogP contribution in [-0.4, -0.2) is 41.6 Å². The van der Waals surface area contributed by atoms with Crippen LogP contribution in [0, 0.1) is 0 Å². The van der Waals surface area contributed by atoms with Gasteiger partial charge in [-0.15, -0.1) is 0 Å². The zero-order valence-electron chi connectivity index (χ0n) is 14.2. The van der Waals surface area contributed by atoms with Crippen LogP contribution in [0.4, 0.5) is 10.6 Å². The largest absolute Gasteiger partial charge is 0.492 e. The number of pyridine rings is 1. The highest BCUT2D eigenvalue weighted by molar-refractivity contribution is 14.1. The predicted molar refractivity (Wildman–Crippen MR) is 112 cm³/mol. The van der Waals surface area contributed by atoms with E-state index in [-0.39, 0.29) is 10.5 Å². The smallest absolute Gasteiger partial charge is 0.308 e. The Kier molecular flexibility index (Phi) is 6.73. The number of hydrogen-bond donors (Lipinski definition) is 0. The van der Waals surface area contributed by atoms with Gasteiger partial charge in [0, 0.05) is 13.2 Å². The van der Waals surface area contributed by atoms with Crippen molar-refractivity contribution in [3.8, 4) is 5.75 Å². The summed E-state index contributed by atoms with van der Waals surface area (Å²) in [6.45, 7) is 1.31. The first-order valence-electron chi connectivity index (χ1n) is 8.07. The summed E-state index contributed by atoms with van der Waals surface area (Å²) in [6.07, 6.45) is 2.47. The van der Waals surface area contributed by atoms with Gasteiger partial charge in [-0.25, -0.2) is 4.98 Å². The summed E-state index contributed by atoms with van der Waals surface area (Å²) in [5, 5.41) is -0.253. The minimum Gasteiger partial charge on any atom is -0.492 e. The van der Waals surface area contributed by atoms with Crippen LogP contribution in [0.3, 0.4) is 0 Å². The summed E-state index contributed by atoms with van der Waals surface area (Å²) in [4.78, 5) is 21.6. The molecule has 1 aromatic carbocycles. The van der Waals surface area contributed by atoms with Crippen molar-refractivity contribution in [2.45, 2.75) is 11.7 Å². The van der Waals surface area contributed by atoms with E-state index in [2.05, 4.69) is 9.98 Å². The van der Waals surface area contributed by atoms with E-state index >= 15 is 0 Å². The molecule has 26 heavy (non-hydrogen) atoms. The third kappa shape index (κ3) is 5.10. The van der Waals surface area contributed by atoms with Crippen molar-refractivity contribution in [1.82, 2.24) is 4.98 Å². The number of aliphatic imine (C=N–C) groups is 1. The minimum atomic E-state index is -0.196. The van der Waals surface area contributed by atoms with Gasteiger partial charge in [0.25, 0.3) is 0 Å². The number of carbonyl (C=O) groups is 1. The maximum Gasteiger partial charge on any atom is 0.308 e. The van der Waals surface area contributed by atoms with Gasteiger partial charge < -0.3 is 12.7 Å². The zero-order valence-corrected chi connectivity index (χ0v) is 17.1. The Morgan fingerprint density at radius 2 is 2.04 bits per heavy atom. The molecular weight excluding hydrogens is 465 g/mol. The molecule has 2 aromatic rings. The Morgan fingerprint density at radius 1 is 1.23 bits per heavy atom. The van der Waals surface area contributed by atoms with Crippen LogP contribution >= 0.6 is 34.8 Å². The van der Waals surface area contributed by atoms with Crippen LogP contribution in [0.1, 0.15) is 5.56 Å². The van der Waals surface area contributed by atoms with Crippen molar-refractivity contribution in [2.75, 3.05) is 25.1 Å². The first kappa shape index (κ1) is 19.0. The number of thioether (sulfide) groups is 1. The molecule has 1 atom stereocenters. The van der Waals surface area contributed by atoms with Crippen LogP contribution in [0.25, 0.3) is 0 Å². The van der Waals surface area contributed by atoms with Crippen molar-refractivity contribution in [1.29, 1.82) is 0 Å². The second kappa shape index (κ2) is 9.22. The van der Waals surface area contributed by atoms with E-state index in [1.807, 2.05) is 54.4 Å². The van der Waals surface area contributed by atoms with Gasteiger partial charge in [0.2, 0.25) is 5.90 Å². The number of aromatic nitrogens is 1. The number of anilines is 1. The molecule has 0 N–H and O–H groups in total. The van der Waals surface area contributed by atoms with Gasteiger partial charge in [0.05, 0.1) is 11.8 Å². The monoisotopic (exact) mass is 483 g/mol. The number of amides is 1. The molecule has 0 saturated heterocycles. The number of carbonyl (C=O) groups excluding carboxylic acids is 1. The van der Waals surface area contributed by atoms with E-state index in [9.17, 15) is 4.79 Å². The molecule has 1 aliphatic rings. The molecule has 1 aromatic heterocycles. The normalized spacial score (nSPS) is 16.3. The lowest BCUT2D eigenvalue weighted by molar-refractivity contribution is 0.267. The second-order valence-corrected chi connectivity index (χ2v) is 7.30. The summed E-state index contributed by atoms with van der Waals surface area (Å²) in [5.41, 5.74) is 1.11. The Bertz CT molecular complexity index is 771. The van der Waals surface area contributed by atoms with Gasteiger partial charge in [0.15, 0.2) is 23.0 Å². The molecule has 0 aliphatic carbocycles. The minimum absolute atomic E-state index is 0.0572. The molecule has 0 fully saturated rings. The standard InChI is InChI=1S/C18H18IN3O3S/c1-22(16-4-2-3-9-20-16)10-11-24-14-7-5-13(6-8-14)12-15-17(25-19)21-18(23)26-15/h2-9,15H,10-12H2,1H3. The lowest BCUT2D eigenvalue weighted by Gasteiger charge is -2.18. The summed E-state index contributed by atoms with van der Waals surface area (Å²) in [6, 6.07) is 13.7. The Hall–Kier alpha value is -1.81. The predicted octanol–water partition coefficient (Wildman–Crippen LogP) is 4.14. The van der Waals surface area contributed by atoms with E-state index in [4.69, 9.17) is 7.80 Å². The highest BCUT2D eigenvalue weighted by atomic mass is 127. The van der Waals surface area contributed by atoms with Crippen LogP contribution in [0.15, 0.2) is 53.7 Å². The molecule has 6 nitrogen and oxygen atoms in total. The molecule has 1 amide bonds. The number of benzene rings is 1. The van der Waals surface area contributed by atoms with Crippen LogP contribution in [0.5, 0.6) is 5.75 Å². The summed E-state index contributed by atoms with van der Waals surface area (Å²) >= 11 is 2.96. The quantitative estimate of drug-likeness (QED) is 0.552. The summed E-state index contributed by atoms with van der Waals surface area (Å²) in [5.74, 6) is 2.22. The van der Waals surface area contributed by atoms with Crippen molar-refractivity contribution in [3.05, 3.63) is 54.2 Å². The van der Waals surface area contributed by atoms with E-state index in [0.29, 0.717) is 18.9 Å². The van der Waals surface area contributed by atoms with Gasteiger partial charge in [0.1, 0.15) is 18.2 Å². The number of hydrogen-bond acceptors (Lipinski definition) is 6. The van der Waals surface area contributed by atoms with Crippen LogP contribution in [0.2, 0.25) is 0 Å². The fraction of sp³-hybridized carbons (Fsp3) is 0.278. The second-order valence-electron chi connectivity index (χ2n) is 5.71. The zero-order chi connectivity index (χ0) is 18.4. The van der Waals surface area contributed by atoms with Crippen molar-refractivity contribution in [2.24, 2.45) is 4.99 Å². The van der Waals surface area contributed by atoms with E-state index < -0.39 is 0 Å². The maximum atomic E-state index is 11.4. The van der Waals surface area contributed by atoms with Gasteiger partial charge in [-0.2, -0.15) is 4.99 Å². The molecule has 0 bridgehead atoms. The first-order chi connectivity index (χ1) is 12.7. The van der Waals surface area contributed by atoms with Crippen LogP contribution in [-0.2, 0) is 9.49 Å². The Morgan fingerprint density at radius 3 is 2.73 bits per heavy atom. The van der Waals surface area contributed by atoms with Gasteiger partial charge >= 0.3 is 5.24 Å². The van der Waals surface area contributed by atoms with Crippen LogP contribution < -0.4 is 9.64 Å². The molecule has 2 heterocycles. The molecule has 1 aliphatic heterocycles. The summed E-state index contributed by atoms with van der Waals surface area (Å²) < 4.78 is 11.0. The summed E-state index contributed by atoms with van der Waals surface area (Å²) in [7, 11) is 1.99. The maximum absolute atomic E-state index is 11.4. The van der Waals surface area contributed by atoms with Gasteiger partial charge in [-0.3, -0.25) is 4.79 Å². The molecular formula is C18H18IN3O3S. The number of halogens is 1. The molecule has 0 radical (unpaired) electrons. The fourth-order valence-electron chi connectivity index (χ4n) is 2.49. The lowest BCUT2D eigenvalue weighted by Crippen LogP contribution is -2.24. The fourth-order valence-corrected chi connectivity index (χ4v) is 3.93. The average molecular weight is 483 g/mol. The number of ether oxygens (including phenoxy) is 1. The molecule has 1 unspecified atom stereocenters. The highest BCUT2D eigenvalue weighted by Gasteiger charge is 2.29. The van der Waals surface area contributed by atoms with Gasteiger partial charge in [-0.05, 0) is 48.0 Å². The molecule has 136 valence electrons. The molecule has 0 spiro atoms. The third-order valence-electron chi connectivity index (χ3n) is 3.88. The van der Waals surface area contributed by atoms with Crippen molar-refractivity contribution in [3.63, 3.8) is 0 Å². The Balaban J connectivity index is 1.47. The molecule has 0 saturated carbocycles. The highest BCUT2D eigenvalue weighted by Crippen LogP contribution is 2.28. The Labute approximate surface area is 170 Å². The van der Waals surface area contributed by atoms with Gasteiger partial charge in [-0.1, -0.05) is 18.2 Å². The number of nitrogens with zero attached hydrogens (tertiary/aromatic N) is 3. The third-order valence-corrected chi connectivity index (χ3v) is 5.28. The topological polar surface area (TPSA) is 64.0 Å². The number of rotatable bonds is 7. The van der Waals surface area contributed by atoms with E-state index in [0.717, 1.165) is 23.7 Å². The van der Waals surface area contributed by atoms with E-state index in [1.54, 1.807) is 29.2 Å². The molecule has 3 rings (SSSR count). The van der Waals surface area contributed by atoms with Crippen molar-refractivity contribution < 1.29 is 12.6 Å². The average Bonchev–Trinajstić information content (AvgIpc) is 3.03. The SMILES string of the molecule is CN(CCOc1ccc(CC2SC(=O)N=C2OI)cc1)c1ccccn1. The van der Waals surface area contributed by atoms with E-state index in [1.165, 1.54) is 11.8 Å². The van der Waals surface area contributed by atoms with Crippen molar-refractivity contribution >= 4 is 51.7 Å². The molecule has 8 heteroatoms. The number of likely N-dealkylation sites (N-methyl/N-ethyl adjacent to an activating group) is 1. The lowest BCUT2D eigenvalue weighted by atomic mass is 10.1. The first-order valence-corrected chi connectivity index (χ1v) is 9.83.